The van der Waals surface area contributed by atoms with Crippen LogP contribution in [0.4, 0.5) is 0 Å². The van der Waals surface area contributed by atoms with Crippen molar-refractivity contribution in [1.82, 2.24) is 14.8 Å². The molecular formula is C24H29N3O2. The van der Waals surface area contributed by atoms with Gasteiger partial charge in [0.1, 0.15) is 5.82 Å². The number of aryl methyl sites for hydroxylation is 1. The molecule has 0 atom stereocenters. The first-order valence-electron chi connectivity index (χ1n) is 10.3. The van der Waals surface area contributed by atoms with Gasteiger partial charge in [-0.25, -0.2) is 14.5 Å². The fourth-order valence-electron chi connectivity index (χ4n) is 3.41. The Morgan fingerprint density at radius 1 is 1.10 bits per heavy atom. The van der Waals surface area contributed by atoms with Crippen LogP contribution in [-0.4, -0.2) is 25.8 Å². The largest absolute Gasteiger partial charge is 0.478 e. The van der Waals surface area contributed by atoms with Gasteiger partial charge in [-0.3, -0.25) is 0 Å². The summed E-state index contributed by atoms with van der Waals surface area (Å²) in [4.78, 5) is 16.3. The van der Waals surface area contributed by atoms with Crippen LogP contribution in [0.5, 0.6) is 0 Å². The normalized spacial score (nSPS) is 11.2. The molecule has 3 rings (SSSR count). The lowest BCUT2D eigenvalue weighted by atomic mass is 9.99. The second-order valence-corrected chi connectivity index (χ2v) is 7.85. The van der Waals surface area contributed by atoms with E-state index in [0.29, 0.717) is 18.0 Å². The highest BCUT2D eigenvalue weighted by molar-refractivity contribution is 5.95. The van der Waals surface area contributed by atoms with Crippen LogP contribution in [-0.2, 0) is 19.4 Å². The molecule has 0 saturated heterocycles. The predicted molar refractivity (Wildman–Crippen MR) is 115 cm³/mol. The summed E-state index contributed by atoms with van der Waals surface area (Å²) in [6.07, 6.45) is 4.05. The molecule has 0 fully saturated rings. The highest BCUT2D eigenvalue weighted by atomic mass is 16.4. The third kappa shape index (κ3) is 5.31. The zero-order valence-corrected chi connectivity index (χ0v) is 17.4. The first-order chi connectivity index (χ1) is 14.0. The van der Waals surface area contributed by atoms with E-state index < -0.39 is 5.97 Å². The minimum absolute atomic E-state index is 0.316. The van der Waals surface area contributed by atoms with Gasteiger partial charge in [-0.15, -0.1) is 0 Å². The van der Waals surface area contributed by atoms with E-state index in [9.17, 15) is 9.90 Å². The molecule has 5 nitrogen and oxygen atoms in total. The van der Waals surface area contributed by atoms with Crippen LogP contribution in [0.2, 0.25) is 0 Å². The van der Waals surface area contributed by atoms with E-state index in [-0.39, 0.29) is 0 Å². The molecule has 0 aliphatic rings. The maximum Gasteiger partial charge on any atom is 0.336 e. The van der Waals surface area contributed by atoms with Crippen molar-refractivity contribution in [2.24, 2.45) is 5.92 Å². The van der Waals surface area contributed by atoms with E-state index in [0.717, 1.165) is 54.0 Å². The molecule has 0 saturated carbocycles. The van der Waals surface area contributed by atoms with Gasteiger partial charge in [-0.2, -0.15) is 5.10 Å². The van der Waals surface area contributed by atoms with Crippen LogP contribution in [0.25, 0.3) is 11.1 Å². The third-order valence-electron chi connectivity index (χ3n) is 4.89. The van der Waals surface area contributed by atoms with Crippen molar-refractivity contribution in [3.8, 4) is 11.1 Å². The Labute approximate surface area is 172 Å². The van der Waals surface area contributed by atoms with Crippen LogP contribution in [0.1, 0.15) is 61.2 Å². The summed E-state index contributed by atoms with van der Waals surface area (Å²) < 4.78 is 2.02. The van der Waals surface area contributed by atoms with Crippen LogP contribution >= 0.6 is 0 Å². The van der Waals surface area contributed by atoms with Crippen molar-refractivity contribution in [1.29, 1.82) is 0 Å². The SMILES string of the molecule is CCCCc1nc(CC(C)C)nn1Cc1ccc(-c2ccccc2C(=O)O)cc1. The molecule has 0 aliphatic heterocycles. The summed E-state index contributed by atoms with van der Waals surface area (Å²) in [5.74, 6) is 1.57. The van der Waals surface area contributed by atoms with Gasteiger partial charge in [-0.1, -0.05) is 69.7 Å². The molecular weight excluding hydrogens is 362 g/mol. The molecule has 3 aromatic rings. The summed E-state index contributed by atoms with van der Waals surface area (Å²) in [5.41, 5.74) is 3.07. The highest BCUT2D eigenvalue weighted by Gasteiger charge is 2.13. The van der Waals surface area contributed by atoms with Crippen LogP contribution in [0.15, 0.2) is 48.5 Å². The lowest BCUT2D eigenvalue weighted by Gasteiger charge is -2.09. The zero-order chi connectivity index (χ0) is 20.8. The molecule has 1 heterocycles. The van der Waals surface area contributed by atoms with Crippen molar-refractivity contribution < 1.29 is 9.90 Å². The number of hydrogen-bond donors (Lipinski definition) is 1. The number of hydrogen-bond acceptors (Lipinski definition) is 3. The number of rotatable bonds is 9. The smallest absolute Gasteiger partial charge is 0.336 e. The van der Waals surface area contributed by atoms with Gasteiger partial charge in [0.2, 0.25) is 0 Å². The lowest BCUT2D eigenvalue weighted by molar-refractivity contribution is 0.0697. The first-order valence-corrected chi connectivity index (χ1v) is 10.3. The molecule has 0 bridgehead atoms. The van der Waals surface area contributed by atoms with E-state index >= 15 is 0 Å². The van der Waals surface area contributed by atoms with Crippen LogP contribution in [0, 0.1) is 5.92 Å². The molecule has 1 aromatic heterocycles. The molecule has 0 spiro atoms. The summed E-state index contributed by atoms with van der Waals surface area (Å²) >= 11 is 0. The monoisotopic (exact) mass is 391 g/mol. The second kappa shape index (κ2) is 9.50. The van der Waals surface area contributed by atoms with Crippen molar-refractivity contribution in [3.63, 3.8) is 0 Å². The van der Waals surface area contributed by atoms with Crippen molar-refractivity contribution >= 4 is 5.97 Å². The molecule has 2 aromatic carbocycles. The van der Waals surface area contributed by atoms with Gasteiger partial charge < -0.3 is 5.11 Å². The standard InChI is InChI=1S/C24H29N3O2/c1-4-5-10-23-25-22(15-17(2)3)26-27(23)16-18-11-13-19(14-12-18)20-8-6-7-9-21(20)24(28)29/h6-9,11-14,17H,4-5,10,15-16H2,1-3H3,(H,28,29). The van der Waals surface area contributed by atoms with Gasteiger partial charge in [0.05, 0.1) is 12.1 Å². The molecule has 1 N–H and O–H groups in total. The molecule has 0 amide bonds. The van der Waals surface area contributed by atoms with Gasteiger partial charge in [-0.05, 0) is 35.1 Å². The number of aromatic carboxylic acids is 1. The minimum Gasteiger partial charge on any atom is -0.478 e. The Hall–Kier alpha value is -2.95. The van der Waals surface area contributed by atoms with Gasteiger partial charge in [0.15, 0.2) is 5.82 Å². The van der Waals surface area contributed by atoms with E-state index in [2.05, 4.69) is 20.8 Å². The molecule has 0 aliphatic carbocycles. The highest BCUT2D eigenvalue weighted by Crippen LogP contribution is 2.24. The average molecular weight is 392 g/mol. The van der Waals surface area contributed by atoms with Crippen LogP contribution in [0.3, 0.4) is 0 Å². The Kier molecular flexibility index (Phi) is 6.81. The molecule has 152 valence electrons. The van der Waals surface area contributed by atoms with Crippen LogP contribution < -0.4 is 0 Å². The zero-order valence-electron chi connectivity index (χ0n) is 17.4. The van der Waals surface area contributed by atoms with E-state index in [1.54, 1.807) is 12.1 Å². The minimum atomic E-state index is -0.912. The van der Waals surface area contributed by atoms with E-state index in [1.807, 2.05) is 41.1 Å². The Balaban J connectivity index is 1.83. The molecule has 5 heteroatoms. The molecule has 0 unspecified atom stereocenters. The van der Waals surface area contributed by atoms with Crippen molar-refractivity contribution in [3.05, 3.63) is 71.3 Å². The molecule has 0 radical (unpaired) electrons. The Morgan fingerprint density at radius 2 is 1.83 bits per heavy atom. The van der Waals surface area contributed by atoms with E-state index in [1.165, 1.54) is 0 Å². The number of benzene rings is 2. The van der Waals surface area contributed by atoms with Gasteiger partial charge >= 0.3 is 5.97 Å². The number of carboxylic acids is 1. The second-order valence-electron chi connectivity index (χ2n) is 7.85. The third-order valence-corrected chi connectivity index (χ3v) is 4.89. The fraction of sp³-hybridized carbons (Fsp3) is 0.375. The first kappa shape index (κ1) is 20.8. The number of carboxylic acid groups (broad SMARTS) is 1. The number of unbranched alkanes of at least 4 members (excludes halogenated alkanes) is 1. The number of aromatic nitrogens is 3. The number of nitrogens with zero attached hydrogens (tertiary/aromatic N) is 3. The van der Waals surface area contributed by atoms with Gasteiger partial charge in [0, 0.05) is 12.8 Å². The maximum atomic E-state index is 11.5. The maximum absolute atomic E-state index is 11.5. The average Bonchev–Trinajstić information content (AvgIpc) is 3.07. The van der Waals surface area contributed by atoms with Crippen molar-refractivity contribution in [2.75, 3.05) is 0 Å². The van der Waals surface area contributed by atoms with E-state index in [4.69, 9.17) is 10.1 Å². The summed E-state index contributed by atoms with van der Waals surface area (Å²) in [7, 11) is 0. The number of carbonyl (C=O) groups is 1. The van der Waals surface area contributed by atoms with Crippen molar-refractivity contribution in [2.45, 2.75) is 53.0 Å². The van der Waals surface area contributed by atoms with Gasteiger partial charge in [0.25, 0.3) is 0 Å². The lowest BCUT2D eigenvalue weighted by Crippen LogP contribution is -2.07. The quantitative estimate of drug-likeness (QED) is 0.542. The fourth-order valence-corrected chi connectivity index (χ4v) is 3.41. The Morgan fingerprint density at radius 3 is 2.48 bits per heavy atom. The summed E-state index contributed by atoms with van der Waals surface area (Å²) in [6, 6.07) is 15.1. The molecule has 29 heavy (non-hydrogen) atoms. The topological polar surface area (TPSA) is 68.0 Å². The predicted octanol–water partition coefficient (Wildman–Crippen LogP) is 5.23. The summed E-state index contributed by atoms with van der Waals surface area (Å²) in [5, 5.41) is 14.2. The summed E-state index contributed by atoms with van der Waals surface area (Å²) in [6.45, 7) is 7.22. The Bertz CT molecular complexity index is 959.